The summed E-state index contributed by atoms with van der Waals surface area (Å²) < 4.78 is 10.8. The van der Waals surface area contributed by atoms with Gasteiger partial charge in [0.25, 0.3) is 5.91 Å². The highest BCUT2D eigenvalue weighted by Crippen LogP contribution is 2.19. The number of carbonyl (C=O) groups excluding carboxylic acids is 1. The number of morpholine rings is 1. The van der Waals surface area contributed by atoms with Crippen LogP contribution in [-0.4, -0.2) is 68.8 Å². The molecule has 2 aromatic carbocycles. The monoisotopic (exact) mass is 464 g/mol. The first-order valence-electron chi connectivity index (χ1n) is 12.7. The first kappa shape index (κ1) is 26.0. The topological polar surface area (TPSA) is 42.0 Å². The maximum Gasteiger partial charge on any atom is 0.254 e. The summed E-state index contributed by atoms with van der Waals surface area (Å²) in [6, 6.07) is 17.9. The van der Waals surface area contributed by atoms with Crippen LogP contribution in [-0.2, 0) is 4.74 Å². The molecule has 0 unspecified atom stereocenters. The van der Waals surface area contributed by atoms with Crippen molar-refractivity contribution in [3.8, 4) is 5.75 Å². The van der Waals surface area contributed by atoms with Crippen LogP contribution in [0.3, 0.4) is 0 Å². The van der Waals surface area contributed by atoms with Crippen molar-refractivity contribution in [3.63, 3.8) is 0 Å². The second-order valence-corrected chi connectivity index (χ2v) is 8.94. The van der Waals surface area contributed by atoms with Gasteiger partial charge in [0.15, 0.2) is 0 Å². The molecular formula is C29H40N2O3. The molecule has 1 saturated heterocycles. The second kappa shape index (κ2) is 14.6. The average Bonchev–Trinajstić information content (AvgIpc) is 2.89. The number of carbonyl (C=O) groups is 1. The minimum atomic E-state index is 0.0651. The predicted molar refractivity (Wildman–Crippen MR) is 139 cm³/mol. The maximum absolute atomic E-state index is 13.6. The number of benzene rings is 2. The lowest BCUT2D eigenvalue weighted by Gasteiger charge is -2.29. The number of unbranched alkanes of at least 4 members (excludes halogenated alkanes) is 2. The Morgan fingerprint density at radius 3 is 2.59 bits per heavy atom. The van der Waals surface area contributed by atoms with Crippen molar-refractivity contribution >= 4 is 12.0 Å². The van der Waals surface area contributed by atoms with E-state index in [0.29, 0.717) is 17.9 Å². The van der Waals surface area contributed by atoms with Crippen molar-refractivity contribution in [2.75, 3.05) is 53.0 Å². The standard InChI is InChI=1S/C29H40N2O3/c1-3-4-6-13-26(22-25-11-7-5-8-12-25)24-31(17-10-16-30-18-20-34-21-19-30)29(32)27-14-9-15-28(23-27)33-2/h5,7-9,11-12,14-15,22-23H,3-4,6,10,13,16-21,24H2,1-2H3/b26-22+. The van der Waals surface area contributed by atoms with Gasteiger partial charge in [0.1, 0.15) is 5.75 Å². The molecule has 184 valence electrons. The Morgan fingerprint density at radius 1 is 1.06 bits per heavy atom. The van der Waals surface area contributed by atoms with Crippen LogP contribution in [0.1, 0.15) is 54.9 Å². The van der Waals surface area contributed by atoms with Crippen LogP contribution in [0.4, 0.5) is 0 Å². The van der Waals surface area contributed by atoms with Crippen LogP contribution in [0.15, 0.2) is 60.2 Å². The highest BCUT2D eigenvalue weighted by atomic mass is 16.5. The molecule has 3 rings (SSSR count). The number of amides is 1. The van der Waals surface area contributed by atoms with Crippen molar-refractivity contribution in [3.05, 3.63) is 71.3 Å². The van der Waals surface area contributed by atoms with Crippen LogP contribution in [0, 0.1) is 0 Å². The Balaban J connectivity index is 1.77. The summed E-state index contributed by atoms with van der Waals surface area (Å²) in [4.78, 5) is 18.1. The summed E-state index contributed by atoms with van der Waals surface area (Å²) in [6.07, 6.45) is 7.75. The maximum atomic E-state index is 13.6. The number of hydrogen-bond acceptors (Lipinski definition) is 4. The van der Waals surface area contributed by atoms with E-state index in [-0.39, 0.29) is 5.91 Å². The molecule has 34 heavy (non-hydrogen) atoms. The Hall–Kier alpha value is -2.63. The summed E-state index contributed by atoms with van der Waals surface area (Å²) in [5, 5.41) is 0. The molecule has 0 saturated carbocycles. The molecule has 2 aromatic rings. The van der Waals surface area contributed by atoms with Crippen molar-refractivity contribution in [1.82, 2.24) is 9.80 Å². The van der Waals surface area contributed by atoms with E-state index in [1.54, 1.807) is 7.11 Å². The molecule has 1 fully saturated rings. The third-order valence-corrected chi connectivity index (χ3v) is 6.28. The van der Waals surface area contributed by atoms with Gasteiger partial charge in [0.05, 0.1) is 20.3 Å². The number of rotatable bonds is 13. The molecule has 0 spiro atoms. The minimum absolute atomic E-state index is 0.0651. The van der Waals surface area contributed by atoms with Crippen molar-refractivity contribution in [2.45, 2.75) is 39.0 Å². The summed E-state index contributed by atoms with van der Waals surface area (Å²) >= 11 is 0. The van der Waals surface area contributed by atoms with E-state index in [4.69, 9.17) is 9.47 Å². The van der Waals surface area contributed by atoms with E-state index < -0.39 is 0 Å². The van der Waals surface area contributed by atoms with Gasteiger partial charge in [-0.2, -0.15) is 0 Å². The number of hydrogen-bond donors (Lipinski definition) is 0. The first-order valence-corrected chi connectivity index (χ1v) is 12.7. The molecule has 1 aliphatic rings. The summed E-state index contributed by atoms with van der Waals surface area (Å²) in [7, 11) is 1.64. The normalized spacial score (nSPS) is 14.7. The molecule has 5 heteroatoms. The van der Waals surface area contributed by atoms with Gasteiger partial charge in [0.2, 0.25) is 0 Å². The second-order valence-electron chi connectivity index (χ2n) is 8.94. The van der Waals surface area contributed by atoms with E-state index >= 15 is 0 Å². The predicted octanol–water partition coefficient (Wildman–Crippen LogP) is 5.52. The minimum Gasteiger partial charge on any atom is -0.497 e. The van der Waals surface area contributed by atoms with E-state index in [2.05, 4.69) is 42.2 Å². The van der Waals surface area contributed by atoms with Crippen LogP contribution in [0.25, 0.3) is 6.08 Å². The lowest BCUT2D eigenvalue weighted by Crippen LogP contribution is -2.39. The molecule has 5 nitrogen and oxygen atoms in total. The molecule has 1 heterocycles. The van der Waals surface area contributed by atoms with Crippen LogP contribution >= 0.6 is 0 Å². The molecule has 0 N–H and O–H groups in total. The lowest BCUT2D eigenvalue weighted by molar-refractivity contribution is 0.0358. The van der Waals surface area contributed by atoms with Gasteiger partial charge < -0.3 is 14.4 Å². The lowest BCUT2D eigenvalue weighted by atomic mass is 10.0. The smallest absolute Gasteiger partial charge is 0.254 e. The summed E-state index contributed by atoms with van der Waals surface area (Å²) in [5.41, 5.74) is 3.18. The van der Waals surface area contributed by atoms with Crippen LogP contribution in [0.5, 0.6) is 5.75 Å². The zero-order valence-corrected chi connectivity index (χ0v) is 20.9. The summed E-state index contributed by atoms with van der Waals surface area (Å²) in [5.74, 6) is 0.775. The molecule has 0 aromatic heterocycles. The number of methoxy groups -OCH3 is 1. The largest absolute Gasteiger partial charge is 0.497 e. The fourth-order valence-corrected chi connectivity index (χ4v) is 4.33. The van der Waals surface area contributed by atoms with Gasteiger partial charge in [-0.05, 0) is 43.0 Å². The molecule has 0 aliphatic carbocycles. The Morgan fingerprint density at radius 2 is 1.85 bits per heavy atom. The molecule has 0 bridgehead atoms. The van der Waals surface area contributed by atoms with Crippen molar-refractivity contribution < 1.29 is 14.3 Å². The molecule has 1 aliphatic heterocycles. The van der Waals surface area contributed by atoms with Crippen LogP contribution < -0.4 is 4.74 Å². The van der Waals surface area contributed by atoms with E-state index in [1.165, 1.54) is 24.0 Å². The van der Waals surface area contributed by atoms with Gasteiger partial charge >= 0.3 is 0 Å². The number of nitrogens with zero attached hydrogens (tertiary/aromatic N) is 2. The third kappa shape index (κ3) is 8.62. The third-order valence-electron chi connectivity index (χ3n) is 6.28. The molecular weight excluding hydrogens is 424 g/mol. The van der Waals surface area contributed by atoms with E-state index in [9.17, 15) is 4.79 Å². The Labute approximate surface area is 205 Å². The van der Waals surface area contributed by atoms with Crippen molar-refractivity contribution in [2.24, 2.45) is 0 Å². The van der Waals surface area contributed by atoms with Gasteiger partial charge in [-0.3, -0.25) is 9.69 Å². The molecule has 0 atom stereocenters. The number of ether oxygens (including phenoxy) is 2. The molecule has 1 amide bonds. The van der Waals surface area contributed by atoms with Crippen LogP contribution in [0.2, 0.25) is 0 Å². The average molecular weight is 465 g/mol. The van der Waals surface area contributed by atoms with Gasteiger partial charge in [-0.1, -0.05) is 67.8 Å². The Bertz CT molecular complexity index is 891. The Kier molecular flexibility index (Phi) is 11.2. The zero-order valence-electron chi connectivity index (χ0n) is 20.9. The highest BCUT2D eigenvalue weighted by Gasteiger charge is 2.19. The first-order chi connectivity index (χ1) is 16.7. The van der Waals surface area contributed by atoms with Gasteiger partial charge in [-0.25, -0.2) is 0 Å². The van der Waals surface area contributed by atoms with E-state index in [1.807, 2.05) is 35.2 Å². The van der Waals surface area contributed by atoms with Crippen molar-refractivity contribution in [1.29, 1.82) is 0 Å². The SMILES string of the molecule is CCCCC/C(=C\c1ccccc1)CN(CCCN1CCOCC1)C(=O)c1cccc(OC)c1. The molecule has 0 radical (unpaired) electrons. The van der Waals surface area contributed by atoms with E-state index in [0.717, 1.165) is 58.7 Å². The van der Waals surface area contributed by atoms with Gasteiger partial charge in [0, 0.05) is 38.3 Å². The van der Waals surface area contributed by atoms with Gasteiger partial charge in [-0.15, -0.1) is 0 Å². The fraction of sp³-hybridized carbons (Fsp3) is 0.483. The quantitative estimate of drug-likeness (QED) is 0.366. The summed E-state index contributed by atoms with van der Waals surface area (Å²) in [6.45, 7) is 8.14. The highest BCUT2D eigenvalue weighted by molar-refractivity contribution is 5.94. The zero-order chi connectivity index (χ0) is 24.0. The fourth-order valence-electron chi connectivity index (χ4n) is 4.33.